The van der Waals surface area contributed by atoms with Crippen molar-refractivity contribution >= 4 is 11.0 Å². The SMILES string of the molecule is COc1ccc(OCCN(C)Cc2cc(=O)oc3c(C)c(C)ccc23)cc1. The second kappa shape index (κ2) is 8.27. The van der Waals surface area contributed by atoms with E-state index < -0.39 is 0 Å². The molecule has 0 spiro atoms. The highest BCUT2D eigenvalue weighted by molar-refractivity contribution is 5.83. The molecule has 27 heavy (non-hydrogen) atoms. The number of ether oxygens (including phenoxy) is 2. The van der Waals surface area contributed by atoms with Crippen molar-refractivity contribution in [2.24, 2.45) is 0 Å². The molecule has 0 fully saturated rings. The maximum Gasteiger partial charge on any atom is 0.336 e. The van der Waals surface area contributed by atoms with E-state index in [2.05, 4.69) is 11.0 Å². The molecule has 0 aliphatic rings. The third-order valence-electron chi connectivity index (χ3n) is 4.76. The van der Waals surface area contributed by atoms with Gasteiger partial charge < -0.3 is 13.9 Å². The Kier molecular flexibility index (Phi) is 5.81. The zero-order valence-electron chi connectivity index (χ0n) is 16.2. The molecule has 0 bridgehead atoms. The first kappa shape index (κ1) is 19.0. The van der Waals surface area contributed by atoms with Crippen molar-refractivity contribution < 1.29 is 13.9 Å². The monoisotopic (exact) mass is 367 g/mol. The van der Waals surface area contributed by atoms with Crippen LogP contribution in [0.25, 0.3) is 11.0 Å². The fraction of sp³-hybridized carbons (Fsp3) is 0.318. The van der Waals surface area contributed by atoms with Crippen molar-refractivity contribution in [2.75, 3.05) is 27.3 Å². The van der Waals surface area contributed by atoms with Crippen LogP contribution < -0.4 is 15.1 Å². The number of fused-ring (bicyclic) bond motifs is 1. The fourth-order valence-electron chi connectivity index (χ4n) is 3.02. The first-order chi connectivity index (χ1) is 13.0. The van der Waals surface area contributed by atoms with Crippen molar-refractivity contribution in [1.82, 2.24) is 4.90 Å². The molecule has 2 aromatic carbocycles. The van der Waals surface area contributed by atoms with Crippen LogP contribution in [0.2, 0.25) is 0 Å². The molecule has 0 N–H and O–H groups in total. The Morgan fingerprint density at radius 2 is 1.74 bits per heavy atom. The lowest BCUT2D eigenvalue weighted by Gasteiger charge is -2.18. The molecule has 0 atom stereocenters. The number of aryl methyl sites for hydroxylation is 2. The summed E-state index contributed by atoms with van der Waals surface area (Å²) in [5, 5.41) is 0.987. The van der Waals surface area contributed by atoms with Crippen LogP contribution in [0.3, 0.4) is 0 Å². The summed E-state index contributed by atoms with van der Waals surface area (Å²) in [5.41, 5.74) is 3.46. The van der Waals surface area contributed by atoms with Gasteiger partial charge in [0.1, 0.15) is 23.7 Å². The molecule has 0 saturated carbocycles. The van der Waals surface area contributed by atoms with E-state index in [4.69, 9.17) is 13.9 Å². The molecule has 0 amide bonds. The minimum absolute atomic E-state index is 0.311. The van der Waals surface area contributed by atoms with Gasteiger partial charge >= 0.3 is 5.63 Å². The van der Waals surface area contributed by atoms with Gasteiger partial charge in [0, 0.05) is 24.5 Å². The Labute approximate surface area is 159 Å². The van der Waals surface area contributed by atoms with Gasteiger partial charge in [0.2, 0.25) is 0 Å². The number of hydrogen-bond acceptors (Lipinski definition) is 5. The van der Waals surface area contributed by atoms with Gasteiger partial charge in [-0.15, -0.1) is 0 Å². The van der Waals surface area contributed by atoms with Gasteiger partial charge in [-0.1, -0.05) is 12.1 Å². The first-order valence-electron chi connectivity index (χ1n) is 8.96. The van der Waals surface area contributed by atoms with E-state index in [9.17, 15) is 4.79 Å². The predicted molar refractivity (Wildman–Crippen MR) is 107 cm³/mol. The zero-order chi connectivity index (χ0) is 19.4. The normalized spacial score (nSPS) is 11.1. The van der Waals surface area contributed by atoms with Gasteiger partial charge in [0.25, 0.3) is 0 Å². The topological polar surface area (TPSA) is 51.9 Å². The smallest absolute Gasteiger partial charge is 0.336 e. The first-order valence-corrected chi connectivity index (χ1v) is 8.96. The standard InChI is InChI=1S/C22H25NO4/c1-15-5-10-20-17(13-21(24)27-22(20)16(15)2)14-23(3)11-12-26-19-8-6-18(25-4)7-9-19/h5-10,13H,11-12,14H2,1-4H3. The van der Waals surface area contributed by atoms with Crippen LogP contribution in [-0.2, 0) is 6.54 Å². The minimum atomic E-state index is -0.311. The lowest BCUT2D eigenvalue weighted by atomic mass is 10.0. The van der Waals surface area contributed by atoms with Gasteiger partial charge in [-0.25, -0.2) is 4.79 Å². The Morgan fingerprint density at radius 1 is 1.04 bits per heavy atom. The number of methoxy groups -OCH3 is 1. The average Bonchev–Trinajstić information content (AvgIpc) is 2.65. The molecule has 0 aliphatic carbocycles. The van der Waals surface area contributed by atoms with E-state index in [1.807, 2.05) is 51.2 Å². The lowest BCUT2D eigenvalue weighted by molar-refractivity contribution is 0.233. The van der Waals surface area contributed by atoms with Crippen molar-refractivity contribution in [2.45, 2.75) is 20.4 Å². The van der Waals surface area contributed by atoms with Crippen molar-refractivity contribution in [3.63, 3.8) is 0 Å². The second-order valence-corrected chi connectivity index (χ2v) is 6.74. The summed E-state index contributed by atoms with van der Waals surface area (Å²) in [7, 11) is 3.65. The molecule has 5 heteroatoms. The van der Waals surface area contributed by atoms with Gasteiger partial charge in [-0.3, -0.25) is 4.90 Å². The van der Waals surface area contributed by atoms with Crippen molar-refractivity contribution in [3.05, 3.63) is 69.6 Å². The minimum Gasteiger partial charge on any atom is -0.497 e. The zero-order valence-corrected chi connectivity index (χ0v) is 16.2. The fourth-order valence-corrected chi connectivity index (χ4v) is 3.02. The van der Waals surface area contributed by atoms with Gasteiger partial charge in [-0.05, 0) is 61.9 Å². The molecular weight excluding hydrogens is 342 g/mol. The summed E-state index contributed by atoms with van der Waals surface area (Å²) in [5.74, 6) is 1.61. The number of nitrogens with zero attached hydrogens (tertiary/aromatic N) is 1. The summed E-state index contributed by atoms with van der Waals surface area (Å²) in [6, 6.07) is 13.2. The summed E-state index contributed by atoms with van der Waals surface area (Å²) in [6.07, 6.45) is 0. The van der Waals surface area contributed by atoms with Gasteiger partial charge in [0.15, 0.2) is 0 Å². The summed E-state index contributed by atoms with van der Waals surface area (Å²) in [4.78, 5) is 14.1. The Balaban J connectivity index is 1.66. The molecule has 3 rings (SSSR count). The van der Waals surface area contributed by atoms with E-state index in [1.165, 1.54) is 0 Å². The third-order valence-corrected chi connectivity index (χ3v) is 4.76. The summed E-state index contributed by atoms with van der Waals surface area (Å²) in [6.45, 7) is 5.94. The number of likely N-dealkylation sites (N-methyl/N-ethyl adjacent to an activating group) is 1. The van der Waals surface area contributed by atoms with Gasteiger partial charge in [0.05, 0.1) is 7.11 Å². The Morgan fingerprint density at radius 3 is 2.44 bits per heavy atom. The molecule has 1 aromatic heterocycles. The predicted octanol–water partition coefficient (Wildman–Crippen LogP) is 3.93. The molecule has 0 unspecified atom stereocenters. The number of rotatable bonds is 7. The van der Waals surface area contributed by atoms with E-state index in [0.29, 0.717) is 18.7 Å². The van der Waals surface area contributed by atoms with Crippen LogP contribution in [0.15, 0.2) is 51.7 Å². The van der Waals surface area contributed by atoms with E-state index in [0.717, 1.165) is 40.1 Å². The largest absolute Gasteiger partial charge is 0.497 e. The molecular formula is C22H25NO4. The average molecular weight is 367 g/mol. The maximum absolute atomic E-state index is 12.0. The molecule has 5 nitrogen and oxygen atoms in total. The van der Waals surface area contributed by atoms with Crippen LogP contribution in [0.1, 0.15) is 16.7 Å². The summed E-state index contributed by atoms with van der Waals surface area (Å²) >= 11 is 0. The number of hydrogen-bond donors (Lipinski definition) is 0. The highest BCUT2D eigenvalue weighted by Crippen LogP contribution is 2.24. The van der Waals surface area contributed by atoms with E-state index >= 15 is 0 Å². The molecule has 3 aromatic rings. The highest BCUT2D eigenvalue weighted by Gasteiger charge is 2.11. The quantitative estimate of drug-likeness (QED) is 0.592. The van der Waals surface area contributed by atoms with E-state index in [1.54, 1.807) is 13.2 Å². The van der Waals surface area contributed by atoms with E-state index in [-0.39, 0.29) is 5.63 Å². The molecule has 0 aliphatic heterocycles. The summed E-state index contributed by atoms with van der Waals surface area (Å²) < 4.78 is 16.4. The van der Waals surface area contributed by atoms with Crippen LogP contribution in [-0.4, -0.2) is 32.2 Å². The molecule has 0 radical (unpaired) electrons. The molecule has 142 valence electrons. The highest BCUT2D eigenvalue weighted by atomic mass is 16.5. The third kappa shape index (κ3) is 4.49. The van der Waals surface area contributed by atoms with Crippen LogP contribution >= 0.6 is 0 Å². The van der Waals surface area contributed by atoms with Crippen molar-refractivity contribution in [1.29, 1.82) is 0 Å². The Hall–Kier alpha value is -2.79. The Bertz CT molecular complexity index is 976. The van der Waals surface area contributed by atoms with Crippen molar-refractivity contribution in [3.8, 4) is 11.5 Å². The van der Waals surface area contributed by atoms with Crippen LogP contribution in [0, 0.1) is 13.8 Å². The van der Waals surface area contributed by atoms with Crippen LogP contribution in [0.4, 0.5) is 0 Å². The van der Waals surface area contributed by atoms with Crippen LogP contribution in [0.5, 0.6) is 11.5 Å². The second-order valence-electron chi connectivity index (χ2n) is 6.74. The lowest BCUT2D eigenvalue weighted by Crippen LogP contribution is -2.24. The number of benzene rings is 2. The molecule has 0 saturated heterocycles. The maximum atomic E-state index is 12.0. The molecule has 1 heterocycles. The van der Waals surface area contributed by atoms with Gasteiger partial charge in [-0.2, -0.15) is 0 Å².